The number of ether oxygens (including phenoxy) is 3. The van der Waals surface area contributed by atoms with Gasteiger partial charge in [-0.15, -0.1) is 0 Å². The molecule has 154 valence electrons. The fourth-order valence-electron chi connectivity index (χ4n) is 3.53. The first kappa shape index (κ1) is 20.7. The summed E-state index contributed by atoms with van der Waals surface area (Å²) in [7, 11) is 3.00. The molecule has 0 saturated heterocycles. The molecule has 2 aromatic carbocycles. The van der Waals surface area contributed by atoms with Crippen molar-refractivity contribution in [3.8, 4) is 11.5 Å². The van der Waals surface area contributed by atoms with Crippen LogP contribution in [0.25, 0.3) is 0 Å². The Balaban J connectivity index is 1.56. The van der Waals surface area contributed by atoms with Gasteiger partial charge in [0.2, 0.25) is 0 Å². The van der Waals surface area contributed by atoms with E-state index in [0.29, 0.717) is 11.5 Å². The maximum Gasteiger partial charge on any atom is 0.338 e. The van der Waals surface area contributed by atoms with Crippen molar-refractivity contribution in [3.63, 3.8) is 0 Å². The Morgan fingerprint density at radius 2 is 1.62 bits per heavy atom. The third-order valence-electron chi connectivity index (χ3n) is 5.17. The first-order chi connectivity index (χ1) is 14.0. The summed E-state index contributed by atoms with van der Waals surface area (Å²) < 4.78 is 15.4. The Morgan fingerprint density at radius 3 is 2.28 bits per heavy atom. The van der Waals surface area contributed by atoms with Crippen molar-refractivity contribution >= 4 is 11.9 Å². The lowest BCUT2D eigenvalue weighted by molar-refractivity contribution is -0.124. The molecule has 1 N–H and O–H groups in total. The van der Waals surface area contributed by atoms with Crippen LogP contribution in [0.3, 0.4) is 0 Å². The Hall–Kier alpha value is -3.02. The predicted molar refractivity (Wildman–Crippen MR) is 109 cm³/mol. The van der Waals surface area contributed by atoms with Gasteiger partial charge in [0.1, 0.15) is 11.5 Å². The lowest BCUT2D eigenvalue weighted by atomic mass is 9.89. The van der Waals surface area contributed by atoms with Crippen molar-refractivity contribution in [2.45, 2.75) is 38.6 Å². The van der Waals surface area contributed by atoms with Crippen molar-refractivity contribution in [3.05, 3.63) is 58.7 Å². The van der Waals surface area contributed by atoms with Gasteiger partial charge in [-0.05, 0) is 61.4 Å². The summed E-state index contributed by atoms with van der Waals surface area (Å²) in [6.07, 6.45) is 4.66. The highest BCUT2D eigenvalue weighted by Crippen LogP contribution is 2.25. The molecule has 0 heterocycles. The van der Waals surface area contributed by atoms with Crippen LogP contribution >= 0.6 is 0 Å². The molecule has 0 fully saturated rings. The van der Waals surface area contributed by atoms with Gasteiger partial charge in [0.25, 0.3) is 5.91 Å². The fraction of sp³-hybridized carbons (Fsp3) is 0.391. The summed E-state index contributed by atoms with van der Waals surface area (Å²) >= 11 is 0. The third kappa shape index (κ3) is 5.28. The van der Waals surface area contributed by atoms with Gasteiger partial charge in [0.15, 0.2) is 6.61 Å². The molecule has 6 nitrogen and oxygen atoms in total. The van der Waals surface area contributed by atoms with Crippen LogP contribution in [0.5, 0.6) is 11.5 Å². The molecule has 1 aliphatic rings. The van der Waals surface area contributed by atoms with Crippen LogP contribution in [0.4, 0.5) is 0 Å². The molecule has 6 heteroatoms. The molecule has 0 saturated carbocycles. The van der Waals surface area contributed by atoms with Crippen LogP contribution in [0.2, 0.25) is 0 Å². The number of benzene rings is 2. The normalized spacial score (nSPS) is 13.8. The highest BCUT2D eigenvalue weighted by atomic mass is 16.5. The van der Waals surface area contributed by atoms with Gasteiger partial charge in [-0.2, -0.15) is 0 Å². The number of aryl methyl sites for hydroxylation is 2. The molecule has 0 bridgehead atoms. The zero-order valence-electron chi connectivity index (χ0n) is 17.1. The Labute approximate surface area is 171 Å². The van der Waals surface area contributed by atoms with Crippen LogP contribution in [0.1, 0.15) is 52.9 Å². The fourth-order valence-corrected chi connectivity index (χ4v) is 3.53. The van der Waals surface area contributed by atoms with Crippen LogP contribution in [-0.4, -0.2) is 32.7 Å². The number of hydrogen-bond acceptors (Lipinski definition) is 5. The third-order valence-corrected chi connectivity index (χ3v) is 5.17. The number of methoxy groups -OCH3 is 2. The molecule has 0 aromatic heterocycles. The summed E-state index contributed by atoms with van der Waals surface area (Å²) in [5.74, 6) is -0.0132. The second-order valence-corrected chi connectivity index (χ2v) is 7.20. The molecule has 1 unspecified atom stereocenters. The second kappa shape index (κ2) is 9.45. The number of rotatable bonds is 7. The van der Waals surface area contributed by atoms with E-state index in [4.69, 9.17) is 14.2 Å². The quantitative estimate of drug-likeness (QED) is 0.723. The molecule has 0 aliphatic heterocycles. The van der Waals surface area contributed by atoms with E-state index in [-0.39, 0.29) is 24.1 Å². The van der Waals surface area contributed by atoms with Crippen LogP contribution in [0.15, 0.2) is 36.4 Å². The van der Waals surface area contributed by atoms with Crippen molar-refractivity contribution in [2.75, 3.05) is 20.8 Å². The van der Waals surface area contributed by atoms with Gasteiger partial charge in [-0.1, -0.05) is 18.2 Å². The number of esters is 1. The van der Waals surface area contributed by atoms with Gasteiger partial charge < -0.3 is 19.5 Å². The monoisotopic (exact) mass is 397 g/mol. The molecule has 1 aliphatic carbocycles. The minimum atomic E-state index is -0.612. The topological polar surface area (TPSA) is 73.9 Å². The van der Waals surface area contributed by atoms with Gasteiger partial charge in [-0.3, -0.25) is 4.79 Å². The molecule has 0 spiro atoms. The molecular formula is C23H27NO5. The molecule has 3 rings (SSSR count). The van der Waals surface area contributed by atoms with E-state index in [0.717, 1.165) is 18.4 Å². The summed E-state index contributed by atoms with van der Waals surface area (Å²) in [6, 6.07) is 11.0. The van der Waals surface area contributed by atoms with Gasteiger partial charge >= 0.3 is 5.97 Å². The average Bonchev–Trinajstić information content (AvgIpc) is 2.76. The molecular weight excluding hydrogens is 370 g/mol. The summed E-state index contributed by atoms with van der Waals surface area (Å²) in [6.45, 7) is 1.57. The van der Waals surface area contributed by atoms with Crippen LogP contribution in [-0.2, 0) is 22.4 Å². The van der Waals surface area contributed by atoms with Crippen molar-refractivity contribution in [1.82, 2.24) is 5.32 Å². The number of hydrogen-bond donors (Lipinski definition) is 1. The smallest absolute Gasteiger partial charge is 0.338 e. The predicted octanol–water partition coefficient (Wildman–Crippen LogP) is 3.62. The number of nitrogens with one attached hydrogen (secondary N) is 1. The number of amides is 1. The van der Waals surface area contributed by atoms with E-state index >= 15 is 0 Å². The van der Waals surface area contributed by atoms with Crippen molar-refractivity contribution in [1.29, 1.82) is 0 Å². The number of carbonyl (C=O) groups is 2. The van der Waals surface area contributed by atoms with E-state index in [9.17, 15) is 9.59 Å². The summed E-state index contributed by atoms with van der Waals surface area (Å²) in [5, 5.41) is 2.89. The van der Waals surface area contributed by atoms with Crippen molar-refractivity contribution in [2.24, 2.45) is 0 Å². The van der Waals surface area contributed by atoms with Gasteiger partial charge in [0, 0.05) is 6.07 Å². The Morgan fingerprint density at radius 1 is 0.966 bits per heavy atom. The van der Waals surface area contributed by atoms with Crippen LogP contribution in [0, 0.1) is 0 Å². The van der Waals surface area contributed by atoms with E-state index in [1.165, 1.54) is 38.2 Å². The Kier molecular flexibility index (Phi) is 6.75. The second-order valence-electron chi connectivity index (χ2n) is 7.20. The van der Waals surface area contributed by atoms with Gasteiger partial charge in [0.05, 0.1) is 25.8 Å². The number of fused-ring (bicyclic) bond motifs is 1. The molecule has 1 atom stereocenters. The largest absolute Gasteiger partial charge is 0.497 e. The SMILES string of the molecule is COc1cc(OC)cc(C(=O)OCC(=O)NC(C)c2ccc3c(c2)CCCC3)c1. The standard InChI is InChI=1S/C23H27NO5/c1-15(17-9-8-16-6-4-5-7-18(16)10-17)24-22(25)14-29-23(26)19-11-20(27-2)13-21(12-19)28-3/h8-13,15H,4-7,14H2,1-3H3,(H,24,25). The molecule has 2 aromatic rings. The highest BCUT2D eigenvalue weighted by molar-refractivity contribution is 5.92. The molecule has 0 radical (unpaired) electrons. The maximum atomic E-state index is 12.3. The van der Waals surface area contributed by atoms with E-state index in [1.54, 1.807) is 18.2 Å². The molecule has 1 amide bonds. The minimum Gasteiger partial charge on any atom is -0.497 e. The zero-order chi connectivity index (χ0) is 20.8. The van der Waals surface area contributed by atoms with Gasteiger partial charge in [-0.25, -0.2) is 4.79 Å². The lowest BCUT2D eigenvalue weighted by Crippen LogP contribution is -2.31. The average molecular weight is 397 g/mol. The van der Waals surface area contributed by atoms with Crippen LogP contribution < -0.4 is 14.8 Å². The highest BCUT2D eigenvalue weighted by Gasteiger charge is 2.16. The zero-order valence-corrected chi connectivity index (χ0v) is 17.1. The minimum absolute atomic E-state index is 0.162. The van der Waals surface area contributed by atoms with E-state index in [2.05, 4.69) is 23.5 Å². The summed E-state index contributed by atoms with van der Waals surface area (Å²) in [5.41, 5.74) is 4.09. The first-order valence-corrected chi connectivity index (χ1v) is 9.81. The lowest BCUT2D eigenvalue weighted by Gasteiger charge is -2.20. The van der Waals surface area contributed by atoms with Crippen molar-refractivity contribution < 1.29 is 23.8 Å². The molecule has 29 heavy (non-hydrogen) atoms. The van der Waals surface area contributed by atoms with E-state index in [1.807, 2.05) is 6.92 Å². The Bertz CT molecular complexity index is 871. The maximum absolute atomic E-state index is 12.3. The number of carbonyl (C=O) groups excluding carboxylic acids is 2. The summed E-state index contributed by atoms with van der Waals surface area (Å²) in [4.78, 5) is 24.5. The first-order valence-electron chi connectivity index (χ1n) is 9.81. The van der Waals surface area contributed by atoms with E-state index < -0.39 is 5.97 Å².